The van der Waals surface area contributed by atoms with E-state index in [2.05, 4.69) is 20.6 Å². The van der Waals surface area contributed by atoms with Crippen molar-refractivity contribution >= 4 is 23.2 Å². The normalized spacial score (nSPS) is 11.5. The molecule has 0 aliphatic heterocycles. The largest absolute Gasteiger partial charge is 0.433 e. The molecular weight excluding hydrogens is 341 g/mol. The van der Waals surface area contributed by atoms with Crippen LogP contribution in [0.3, 0.4) is 0 Å². The van der Waals surface area contributed by atoms with E-state index in [1.807, 2.05) is 6.92 Å². The second kappa shape index (κ2) is 8.30. The van der Waals surface area contributed by atoms with Gasteiger partial charge in [0.25, 0.3) is 0 Å². The van der Waals surface area contributed by atoms with Gasteiger partial charge in [-0.3, -0.25) is 0 Å². The van der Waals surface area contributed by atoms with Crippen molar-refractivity contribution in [3.63, 3.8) is 0 Å². The number of nitrogens with one attached hydrogen (secondary N) is 2. The zero-order valence-electron chi connectivity index (χ0n) is 13.1. The average Bonchev–Trinajstić information content (AvgIpc) is 2.51. The smallest absolute Gasteiger partial charge is 0.324 e. The Morgan fingerprint density at radius 3 is 2.71 bits per heavy atom. The molecule has 0 aliphatic rings. The number of hydrogen-bond donors (Lipinski definition) is 2. The molecule has 4 nitrogen and oxygen atoms in total. The van der Waals surface area contributed by atoms with E-state index in [1.165, 1.54) is 6.20 Å². The van der Waals surface area contributed by atoms with Gasteiger partial charge in [-0.15, -0.1) is 0 Å². The molecule has 2 aromatic rings. The number of anilines is 2. The van der Waals surface area contributed by atoms with Crippen molar-refractivity contribution in [1.29, 1.82) is 0 Å². The van der Waals surface area contributed by atoms with E-state index in [-0.39, 0.29) is 18.1 Å². The molecule has 0 unspecified atom stereocenters. The summed E-state index contributed by atoms with van der Waals surface area (Å²) >= 11 is 5.85. The average molecular weight is 359 g/mol. The van der Waals surface area contributed by atoms with Crippen molar-refractivity contribution < 1.29 is 13.2 Å². The van der Waals surface area contributed by atoms with Gasteiger partial charge in [0.2, 0.25) is 5.95 Å². The number of hydrogen-bond acceptors (Lipinski definition) is 4. The zero-order valence-corrected chi connectivity index (χ0v) is 13.9. The van der Waals surface area contributed by atoms with Crippen LogP contribution in [0.5, 0.6) is 0 Å². The SMILES string of the molecule is CCCCNCc1cnc(Nc2cccc(Cl)c2)nc1C(F)(F)F. The van der Waals surface area contributed by atoms with Crippen LogP contribution in [-0.2, 0) is 12.7 Å². The van der Waals surface area contributed by atoms with Gasteiger partial charge in [-0.1, -0.05) is 31.0 Å². The van der Waals surface area contributed by atoms with Crippen LogP contribution < -0.4 is 10.6 Å². The molecule has 0 aliphatic carbocycles. The Hall–Kier alpha value is -1.86. The van der Waals surface area contributed by atoms with E-state index in [0.717, 1.165) is 12.8 Å². The molecule has 0 amide bonds. The maximum Gasteiger partial charge on any atom is 0.433 e. The van der Waals surface area contributed by atoms with Crippen molar-refractivity contribution in [2.24, 2.45) is 0 Å². The predicted molar refractivity (Wildman–Crippen MR) is 88.4 cm³/mol. The maximum absolute atomic E-state index is 13.2. The number of benzene rings is 1. The van der Waals surface area contributed by atoms with Crippen LogP contribution in [0.1, 0.15) is 31.0 Å². The van der Waals surface area contributed by atoms with Gasteiger partial charge in [0.05, 0.1) is 0 Å². The summed E-state index contributed by atoms with van der Waals surface area (Å²) < 4.78 is 39.7. The lowest BCUT2D eigenvalue weighted by molar-refractivity contribution is -0.141. The third-order valence-electron chi connectivity index (χ3n) is 3.24. The van der Waals surface area contributed by atoms with Crippen LogP contribution in [-0.4, -0.2) is 16.5 Å². The first-order valence-electron chi connectivity index (χ1n) is 7.56. The van der Waals surface area contributed by atoms with Gasteiger partial charge in [0, 0.05) is 29.0 Å². The minimum atomic E-state index is -4.55. The first kappa shape index (κ1) is 18.5. The summed E-state index contributed by atoms with van der Waals surface area (Å²) in [6, 6.07) is 6.60. The molecule has 0 bridgehead atoms. The van der Waals surface area contributed by atoms with Crippen LogP contribution in [0.25, 0.3) is 0 Å². The molecular formula is C16H18ClF3N4. The Morgan fingerprint density at radius 2 is 2.04 bits per heavy atom. The quantitative estimate of drug-likeness (QED) is 0.699. The van der Waals surface area contributed by atoms with Crippen LogP contribution >= 0.6 is 11.6 Å². The van der Waals surface area contributed by atoms with Crippen molar-refractivity contribution in [2.45, 2.75) is 32.5 Å². The lowest BCUT2D eigenvalue weighted by Crippen LogP contribution is -2.20. The monoisotopic (exact) mass is 358 g/mol. The molecule has 2 N–H and O–H groups in total. The summed E-state index contributed by atoms with van der Waals surface area (Å²) in [4.78, 5) is 7.61. The van der Waals surface area contributed by atoms with Crippen LogP contribution in [0.15, 0.2) is 30.5 Å². The molecule has 1 aromatic carbocycles. The second-order valence-corrected chi connectivity index (χ2v) is 5.67. The first-order chi connectivity index (χ1) is 11.4. The van der Waals surface area contributed by atoms with Gasteiger partial charge >= 0.3 is 6.18 Å². The highest BCUT2D eigenvalue weighted by molar-refractivity contribution is 6.30. The van der Waals surface area contributed by atoms with Gasteiger partial charge in [0.15, 0.2) is 5.69 Å². The Kier molecular flexibility index (Phi) is 6.39. The highest BCUT2D eigenvalue weighted by Gasteiger charge is 2.36. The minimum Gasteiger partial charge on any atom is -0.324 e. The van der Waals surface area contributed by atoms with Crippen molar-refractivity contribution in [3.05, 3.63) is 46.7 Å². The number of nitrogens with zero attached hydrogens (tertiary/aromatic N) is 2. The van der Waals surface area contributed by atoms with E-state index in [0.29, 0.717) is 17.3 Å². The van der Waals surface area contributed by atoms with E-state index < -0.39 is 11.9 Å². The zero-order chi connectivity index (χ0) is 17.6. The van der Waals surface area contributed by atoms with Gasteiger partial charge in [0.1, 0.15) is 0 Å². The van der Waals surface area contributed by atoms with Gasteiger partial charge in [-0.2, -0.15) is 13.2 Å². The summed E-state index contributed by atoms with van der Waals surface area (Å²) in [7, 11) is 0. The molecule has 130 valence electrons. The summed E-state index contributed by atoms with van der Waals surface area (Å²) in [5.41, 5.74) is -0.397. The predicted octanol–water partition coefficient (Wildman–Crippen LogP) is 4.78. The molecule has 0 spiro atoms. The molecule has 1 heterocycles. The maximum atomic E-state index is 13.2. The van der Waals surface area contributed by atoms with E-state index in [4.69, 9.17) is 11.6 Å². The fourth-order valence-electron chi connectivity index (χ4n) is 2.06. The standard InChI is InChI=1S/C16H18ClF3N4/c1-2-3-7-21-9-11-10-22-15(24-14(11)16(18,19)20)23-13-6-4-5-12(17)8-13/h4-6,8,10,21H,2-3,7,9H2,1H3,(H,22,23,24). The summed E-state index contributed by atoms with van der Waals surface area (Å²) in [6.45, 7) is 2.74. The van der Waals surface area contributed by atoms with Gasteiger partial charge < -0.3 is 10.6 Å². The van der Waals surface area contributed by atoms with E-state index in [9.17, 15) is 13.2 Å². The number of unbranched alkanes of at least 4 members (excludes halogenated alkanes) is 1. The lowest BCUT2D eigenvalue weighted by atomic mass is 10.2. The highest BCUT2D eigenvalue weighted by atomic mass is 35.5. The van der Waals surface area contributed by atoms with Gasteiger partial charge in [-0.25, -0.2) is 9.97 Å². The van der Waals surface area contributed by atoms with Crippen molar-refractivity contribution in [1.82, 2.24) is 15.3 Å². The van der Waals surface area contributed by atoms with E-state index >= 15 is 0 Å². The van der Waals surface area contributed by atoms with Crippen LogP contribution in [0.2, 0.25) is 5.02 Å². The number of alkyl halides is 3. The first-order valence-corrected chi connectivity index (χ1v) is 7.94. The molecule has 0 radical (unpaired) electrons. The molecule has 0 saturated heterocycles. The number of aromatic nitrogens is 2. The Morgan fingerprint density at radius 1 is 1.25 bits per heavy atom. The van der Waals surface area contributed by atoms with Gasteiger partial charge in [-0.05, 0) is 31.2 Å². The highest BCUT2D eigenvalue weighted by Crippen LogP contribution is 2.31. The molecule has 0 fully saturated rings. The minimum absolute atomic E-state index is 0.0234. The van der Waals surface area contributed by atoms with Crippen molar-refractivity contribution in [3.8, 4) is 0 Å². The van der Waals surface area contributed by atoms with Crippen LogP contribution in [0, 0.1) is 0 Å². The van der Waals surface area contributed by atoms with Crippen molar-refractivity contribution in [2.75, 3.05) is 11.9 Å². The van der Waals surface area contributed by atoms with Crippen LogP contribution in [0.4, 0.5) is 24.8 Å². The number of halogens is 4. The third-order valence-corrected chi connectivity index (χ3v) is 3.47. The summed E-state index contributed by atoms with van der Waals surface area (Å²) in [5, 5.41) is 6.17. The Balaban J connectivity index is 2.19. The number of rotatable bonds is 7. The van der Waals surface area contributed by atoms with E-state index in [1.54, 1.807) is 24.3 Å². The lowest BCUT2D eigenvalue weighted by Gasteiger charge is -2.14. The summed E-state index contributed by atoms with van der Waals surface area (Å²) in [5.74, 6) is -0.123. The molecule has 24 heavy (non-hydrogen) atoms. The molecule has 8 heteroatoms. The topological polar surface area (TPSA) is 49.8 Å². The fraction of sp³-hybridized carbons (Fsp3) is 0.375. The molecule has 2 rings (SSSR count). The summed E-state index contributed by atoms with van der Waals surface area (Å²) in [6.07, 6.45) is -1.48. The molecule has 0 atom stereocenters. The molecule has 1 aromatic heterocycles. The fourth-order valence-corrected chi connectivity index (χ4v) is 2.25. The second-order valence-electron chi connectivity index (χ2n) is 5.23. The third kappa shape index (κ3) is 5.35. The Labute approximate surface area is 143 Å². The molecule has 0 saturated carbocycles. The Bertz CT molecular complexity index is 677.